The predicted octanol–water partition coefficient (Wildman–Crippen LogP) is 4.78. The number of hydrogen-bond donors (Lipinski definition) is 4. The number of nitrogens with zero attached hydrogens (tertiary/aromatic N) is 2. The molecule has 1 saturated carbocycles. The molecular formula is C30H28FN5O4. The monoisotopic (exact) mass is 541 g/mol. The molecule has 0 bridgehead atoms. The maximum Gasteiger partial charge on any atom is 0.326 e. The standard InChI is InChI=1S/C30H28FN5O4/c31-20-10-6-9-18(13-20)27-26(17-7-2-1-3-8-17)29(38)36-25(34-27)15-23(35-36)28(37)33-24(30(39)40)14-19-16-32-22-12-5-4-11-21(19)22/h4-6,9-13,15-17,24,32,35H,1-3,7-8,14H2,(H,33,37)(H,39,40)/t24-/m0/s1. The van der Waals surface area contributed by atoms with Crippen LogP contribution in [0.3, 0.4) is 0 Å². The van der Waals surface area contributed by atoms with Crippen molar-refractivity contribution in [1.29, 1.82) is 0 Å². The first-order valence-corrected chi connectivity index (χ1v) is 13.4. The molecule has 40 heavy (non-hydrogen) atoms. The van der Waals surface area contributed by atoms with E-state index in [9.17, 15) is 23.9 Å². The Morgan fingerprint density at radius 2 is 1.90 bits per heavy atom. The highest BCUT2D eigenvalue weighted by Gasteiger charge is 2.27. The fourth-order valence-corrected chi connectivity index (χ4v) is 5.73. The van der Waals surface area contributed by atoms with Crippen LogP contribution in [0, 0.1) is 5.82 Å². The lowest BCUT2D eigenvalue weighted by atomic mass is 9.83. The summed E-state index contributed by atoms with van der Waals surface area (Å²) in [5.41, 5.74) is 2.88. The Kier molecular flexibility index (Phi) is 6.67. The third kappa shape index (κ3) is 4.76. The minimum Gasteiger partial charge on any atom is -0.480 e. The zero-order chi connectivity index (χ0) is 27.8. The molecule has 3 aromatic heterocycles. The van der Waals surface area contributed by atoms with Crippen LogP contribution in [0.4, 0.5) is 4.39 Å². The van der Waals surface area contributed by atoms with Crippen molar-refractivity contribution in [3.8, 4) is 11.3 Å². The number of aliphatic carboxylic acids is 1. The lowest BCUT2D eigenvalue weighted by Crippen LogP contribution is -2.42. The molecule has 0 aliphatic heterocycles. The van der Waals surface area contributed by atoms with Gasteiger partial charge in [-0.15, -0.1) is 0 Å². The largest absolute Gasteiger partial charge is 0.480 e. The number of aromatic nitrogens is 4. The Balaban J connectivity index is 1.35. The van der Waals surface area contributed by atoms with Gasteiger partial charge in [-0.25, -0.2) is 18.7 Å². The molecule has 2 aromatic carbocycles. The molecule has 0 saturated heterocycles. The average molecular weight is 542 g/mol. The van der Waals surface area contributed by atoms with Crippen molar-refractivity contribution < 1.29 is 19.1 Å². The van der Waals surface area contributed by atoms with Gasteiger partial charge >= 0.3 is 5.97 Å². The number of rotatable bonds is 7. The van der Waals surface area contributed by atoms with Gasteiger partial charge in [0.15, 0.2) is 5.65 Å². The van der Waals surface area contributed by atoms with Gasteiger partial charge in [0, 0.05) is 40.7 Å². The topological polar surface area (TPSA) is 132 Å². The van der Waals surface area contributed by atoms with E-state index in [1.54, 1.807) is 18.3 Å². The summed E-state index contributed by atoms with van der Waals surface area (Å²) in [6.45, 7) is 0. The molecule has 204 valence electrons. The van der Waals surface area contributed by atoms with Gasteiger partial charge in [0.25, 0.3) is 11.5 Å². The van der Waals surface area contributed by atoms with Gasteiger partial charge in [-0.3, -0.25) is 14.7 Å². The molecular weight excluding hydrogens is 513 g/mol. The van der Waals surface area contributed by atoms with Gasteiger partial charge in [0.05, 0.1) is 5.69 Å². The van der Waals surface area contributed by atoms with Crippen LogP contribution in [0.15, 0.2) is 65.6 Å². The Bertz CT molecular complexity index is 1800. The van der Waals surface area contributed by atoms with Crippen molar-refractivity contribution in [3.63, 3.8) is 0 Å². The number of carbonyl (C=O) groups excluding carboxylic acids is 1. The summed E-state index contributed by atoms with van der Waals surface area (Å²) in [5.74, 6) is -2.32. The number of para-hydroxylation sites is 1. The first-order chi connectivity index (χ1) is 19.4. The molecule has 9 nitrogen and oxygen atoms in total. The van der Waals surface area contributed by atoms with Crippen molar-refractivity contribution in [2.24, 2.45) is 0 Å². The first-order valence-electron chi connectivity index (χ1n) is 13.4. The molecule has 0 spiro atoms. The molecule has 6 rings (SSSR count). The Hall–Kier alpha value is -4.73. The summed E-state index contributed by atoms with van der Waals surface area (Å²) in [7, 11) is 0. The molecule has 1 atom stereocenters. The molecule has 1 aliphatic rings. The zero-order valence-electron chi connectivity index (χ0n) is 21.6. The van der Waals surface area contributed by atoms with Crippen LogP contribution in [0.2, 0.25) is 0 Å². The highest BCUT2D eigenvalue weighted by molar-refractivity contribution is 5.96. The van der Waals surface area contributed by atoms with Gasteiger partial charge in [-0.05, 0) is 42.5 Å². The smallest absolute Gasteiger partial charge is 0.326 e. The van der Waals surface area contributed by atoms with Crippen LogP contribution in [-0.4, -0.2) is 42.6 Å². The second-order valence-electron chi connectivity index (χ2n) is 10.3. The third-order valence-electron chi connectivity index (χ3n) is 7.71. The number of carboxylic acid groups (broad SMARTS) is 1. The van der Waals surface area contributed by atoms with Gasteiger partial charge in [-0.2, -0.15) is 0 Å². The van der Waals surface area contributed by atoms with Crippen molar-refractivity contribution in [1.82, 2.24) is 24.9 Å². The van der Waals surface area contributed by atoms with E-state index >= 15 is 0 Å². The second kappa shape index (κ2) is 10.4. The molecule has 3 heterocycles. The van der Waals surface area contributed by atoms with E-state index in [1.165, 1.54) is 22.7 Å². The van der Waals surface area contributed by atoms with Crippen LogP contribution in [0.1, 0.15) is 59.6 Å². The van der Waals surface area contributed by atoms with Crippen molar-refractivity contribution in [2.45, 2.75) is 50.5 Å². The maximum absolute atomic E-state index is 14.1. The third-order valence-corrected chi connectivity index (χ3v) is 7.71. The number of nitrogens with one attached hydrogen (secondary N) is 3. The fourth-order valence-electron chi connectivity index (χ4n) is 5.73. The molecule has 0 unspecified atom stereocenters. The summed E-state index contributed by atoms with van der Waals surface area (Å²) < 4.78 is 15.4. The zero-order valence-corrected chi connectivity index (χ0v) is 21.6. The quantitative estimate of drug-likeness (QED) is 0.235. The number of fused-ring (bicyclic) bond motifs is 2. The van der Waals surface area contributed by atoms with E-state index in [4.69, 9.17) is 4.98 Å². The van der Waals surface area contributed by atoms with Crippen LogP contribution in [-0.2, 0) is 11.2 Å². The number of halogens is 1. The number of carbonyl (C=O) groups is 2. The van der Waals surface area contributed by atoms with E-state index in [-0.39, 0.29) is 29.2 Å². The van der Waals surface area contributed by atoms with Crippen LogP contribution < -0.4 is 10.9 Å². The Morgan fingerprint density at radius 1 is 1.10 bits per heavy atom. The summed E-state index contributed by atoms with van der Waals surface area (Å²) in [4.78, 5) is 46.9. The number of amides is 1. The highest BCUT2D eigenvalue weighted by atomic mass is 19.1. The molecule has 1 fully saturated rings. The van der Waals surface area contributed by atoms with E-state index < -0.39 is 23.7 Å². The van der Waals surface area contributed by atoms with E-state index in [1.807, 2.05) is 24.3 Å². The molecule has 0 radical (unpaired) electrons. The summed E-state index contributed by atoms with van der Waals surface area (Å²) in [5, 5.41) is 16.1. The van der Waals surface area contributed by atoms with Crippen LogP contribution in [0.25, 0.3) is 27.8 Å². The molecule has 1 amide bonds. The fraction of sp³-hybridized carbons (Fsp3) is 0.267. The van der Waals surface area contributed by atoms with Crippen molar-refractivity contribution in [2.75, 3.05) is 0 Å². The van der Waals surface area contributed by atoms with Crippen molar-refractivity contribution in [3.05, 3.63) is 93.8 Å². The lowest BCUT2D eigenvalue weighted by Gasteiger charge is -2.23. The minimum atomic E-state index is -1.21. The van der Waals surface area contributed by atoms with Crippen molar-refractivity contribution >= 4 is 28.4 Å². The molecule has 1 aliphatic carbocycles. The van der Waals surface area contributed by atoms with E-state index in [2.05, 4.69) is 15.4 Å². The number of H-pyrrole nitrogens is 2. The molecule has 5 aromatic rings. The van der Waals surface area contributed by atoms with Gasteiger partial charge in [0.2, 0.25) is 0 Å². The highest BCUT2D eigenvalue weighted by Crippen LogP contribution is 2.36. The molecule has 4 N–H and O–H groups in total. The van der Waals surface area contributed by atoms with Gasteiger partial charge in [-0.1, -0.05) is 49.6 Å². The number of hydrogen-bond acceptors (Lipinski definition) is 4. The van der Waals surface area contributed by atoms with Gasteiger partial charge < -0.3 is 15.4 Å². The first kappa shape index (κ1) is 25.5. The minimum absolute atomic E-state index is 0.000707. The Morgan fingerprint density at radius 3 is 2.67 bits per heavy atom. The summed E-state index contributed by atoms with van der Waals surface area (Å²) >= 11 is 0. The number of carboxylic acids is 1. The van der Waals surface area contributed by atoms with E-state index in [0.29, 0.717) is 16.8 Å². The predicted molar refractivity (Wildman–Crippen MR) is 148 cm³/mol. The molecule has 10 heteroatoms. The Labute approximate surface area is 228 Å². The second-order valence-corrected chi connectivity index (χ2v) is 10.3. The van der Waals surface area contributed by atoms with Crippen LogP contribution >= 0.6 is 0 Å². The maximum atomic E-state index is 14.1. The average Bonchev–Trinajstić information content (AvgIpc) is 3.58. The normalized spacial score (nSPS) is 14.9. The summed E-state index contributed by atoms with van der Waals surface area (Å²) in [6, 6.07) is 13.7. The van der Waals surface area contributed by atoms with E-state index in [0.717, 1.165) is 48.6 Å². The number of aromatic amines is 2. The summed E-state index contributed by atoms with van der Waals surface area (Å²) in [6.07, 6.45) is 6.53. The van der Waals surface area contributed by atoms with Crippen LogP contribution in [0.5, 0.6) is 0 Å². The SMILES string of the molecule is O=C(N[C@@H](Cc1c[nH]c2ccccc12)C(=O)O)c1cc2nc(-c3cccc(F)c3)c(C3CCCCC3)c(=O)n2[nH]1. The van der Waals surface area contributed by atoms with Gasteiger partial charge in [0.1, 0.15) is 17.6 Å². The number of benzene rings is 2. The lowest BCUT2D eigenvalue weighted by molar-refractivity contribution is -0.139.